The van der Waals surface area contributed by atoms with Gasteiger partial charge in [-0.15, -0.1) is 0 Å². The third-order valence-electron chi connectivity index (χ3n) is 0.854. The average molecular weight is 195 g/mol. The molecular weight excluding hydrogens is 192 g/mol. The van der Waals surface area contributed by atoms with Crippen LogP contribution in [0.3, 0.4) is 0 Å². The summed E-state index contributed by atoms with van der Waals surface area (Å²) in [5, 5.41) is -3.44. The summed E-state index contributed by atoms with van der Waals surface area (Å²) in [4.78, 5) is 0. The van der Waals surface area contributed by atoms with Crippen molar-refractivity contribution in [1.29, 1.82) is 0 Å². The van der Waals surface area contributed by atoms with Crippen LogP contribution in [-0.4, -0.2) is 31.1 Å². The van der Waals surface area contributed by atoms with Crippen molar-refractivity contribution >= 4 is 10.1 Å². The molecule has 0 fully saturated rings. The van der Waals surface area contributed by atoms with Crippen molar-refractivity contribution in [2.75, 3.05) is 6.67 Å². The molecule has 0 aromatic rings. The molecule has 8 heteroatoms. The summed E-state index contributed by atoms with van der Waals surface area (Å²) in [5.74, 6) is 0. The summed E-state index contributed by atoms with van der Waals surface area (Å²) < 4.78 is 74.6. The Morgan fingerprint density at radius 1 is 1.36 bits per heavy atom. The van der Waals surface area contributed by atoms with Crippen LogP contribution in [0.1, 0.15) is 0 Å². The van der Waals surface area contributed by atoms with E-state index in [1.165, 1.54) is 0 Å². The van der Waals surface area contributed by atoms with Gasteiger partial charge in [0, 0.05) is 0 Å². The molecule has 0 amide bonds. The van der Waals surface area contributed by atoms with Gasteiger partial charge < -0.3 is 4.55 Å². The normalized spacial score (nSPS) is 16.5. The molecule has 0 rings (SSSR count). The second-order valence-electron chi connectivity index (χ2n) is 1.68. The van der Waals surface area contributed by atoms with Gasteiger partial charge in [-0.05, 0) is 0 Å². The molecular formula is C3H3F4O3S-. The van der Waals surface area contributed by atoms with Crippen LogP contribution in [-0.2, 0) is 10.1 Å². The van der Waals surface area contributed by atoms with Gasteiger partial charge in [0.25, 0.3) is 0 Å². The van der Waals surface area contributed by atoms with Gasteiger partial charge >= 0.3 is 6.18 Å². The van der Waals surface area contributed by atoms with E-state index >= 15 is 0 Å². The summed E-state index contributed by atoms with van der Waals surface area (Å²) in [6, 6.07) is 0. The zero-order chi connectivity index (χ0) is 9.28. The Morgan fingerprint density at radius 2 is 1.73 bits per heavy atom. The van der Waals surface area contributed by atoms with Crippen molar-refractivity contribution in [3.8, 4) is 0 Å². The molecule has 0 aliphatic carbocycles. The Labute approximate surface area is 59.8 Å². The van der Waals surface area contributed by atoms with Crippen LogP contribution in [0.15, 0.2) is 0 Å². The lowest BCUT2D eigenvalue weighted by molar-refractivity contribution is -0.134. The highest BCUT2D eigenvalue weighted by molar-refractivity contribution is 7.86. The highest BCUT2D eigenvalue weighted by Crippen LogP contribution is 2.25. The first-order valence-corrected chi connectivity index (χ1v) is 3.74. The highest BCUT2D eigenvalue weighted by atomic mass is 32.2. The molecule has 0 spiro atoms. The first-order chi connectivity index (χ1) is 4.69. The van der Waals surface area contributed by atoms with Crippen molar-refractivity contribution in [1.82, 2.24) is 0 Å². The molecule has 0 aliphatic rings. The minimum atomic E-state index is -5.62. The van der Waals surface area contributed by atoms with Crippen LogP contribution in [0, 0.1) is 0 Å². The third kappa shape index (κ3) is 3.02. The van der Waals surface area contributed by atoms with Crippen molar-refractivity contribution < 1.29 is 30.5 Å². The molecule has 0 heterocycles. The number of rotatable bonds is 2. The second kappa shape index (κ2) is 2.94. The zero-order valence-electron chi connectivity index (χ0n) is 4.93. The van der Waals surface area contributed by atoms with Crippen LogP contribution in [0.4, 0.5) is 17.6 Å². The fourth-order valence-corrected chi connectivity index (χ4v) is 0.810. The molecule has 0 saturated heterocycles. The van der Waals surface area contributed by atoms with Gasteiger partial charge in [0.15, 0.2) is 5.25 Å². The standard InChI is InChI=1S/C3H4F4O3S/c4-1-2(3(5,6)7)11(8,9)10/h2H,1H2,(H,8,9,10)/p-1. The van der Waals surface area contributed by atoms with Crippen molar-refractivity contribution in [3.63, 3.8) is 0 Å². The molecule has 1 unspecified atom stereocenters. The monoisotopic (exact) mass is 195 g/mol. The quantitative estimate of drug-likeness (QED) is 0.474. The topological polar surface area (TPSA) is 57.2 Å². The van der Waals surface area contributed by atoms with E-state index in [1.807, 2.05) is 0 Å². The largest absolute Gasteiger partial charge is 0.747 e. The summed E-state index contributed by atoms with van der Waals surface area (Å²) in [6.07, 6.45) is -5.32. The summed E-state index contributed by atoms with van der Waals surface area (Å²) in [6.45, 7) is -2.24. The fraction of sp³-hybridized carbons (Fsp3) is 1.00. The fourth-order valence-electron chi connectivity index (χ4n) is 0.328. The SMILES string of the molecule is O=S(=O)([O-])C(CF)C(F)(F)F. The van der Waals surface area contributed by atoms with E-state index in [1.54, 1.807) is 0 Å². The van der Waals surface area contributed by atoms with E-state index < -0.39 is 28.2 Å². The van der Waals surface area contributed by atoms with Gasteiger partial charge in [-0.3, -0.25) is 0 Å². The van der Waals surface area contributed by atoms with Gasteiger partial charge in [-0.1, -0.05) is 0 Å². The van der Waals surface area contributed by atoms with E-state index in [2.05, 4.69) is 0 Å². The molecule has 0 N–H and O–H groups in total. The first kappa shape index (κ1) is 10.6. The summed E-state index contributed by atoms with van der Waals surface area (Å²) in [7, 11) is -5.62. The third-order valence-corrected chi connectivity index (χ3v) is 1.94. The lowest BCUT2D eigenvalue weighted by Gasteiger charge is -2.19. The summed E-state index contributed by atoms with van der Waals surface area (Å²) in [5.41, 5.74) is 0. The van der Waals surface area contributed by atoms with Gasteiger partial charge in [0.05, 0.1) is 0 Å². The lowest BCUT2D eigenvalue weighted by Crippen LogP contribution is -2.38. The van der Waals surface area contributed by atoms with Crippen LogP contribution in [0.2, 0.25) is 0 Å². The minimum Gasteiger partial charge on any atom is -0.747 e. The predicted octanol–water partition coefficient (Wildman–Crippen LogP) is 0.432. The van der Waals surface area contributed by atoms with Crippen LogP contribution < -0.4 is 0 Å². The maximum atomic E-state index is 11.4. The Bertz CT molecular complexity index is 217. The number of hydrogen-bond donors (Lipinski definition) is 0. The Hall–Kier alpha value is -0.370. The molecule has 0 aromatic carbocycles. The van der Waals surface area contributed by atoms with E-state index in [4.69, 9.17) is 0 Å². The van der Waals surface area contributed by atoms with Crippen molar-refractivity contribution in [2.24, 2.45) is 0 Å². The molecule has 68 valence electrons. The molecule has 1 atom stereocenters. The Morgan fingerprint density at radius 3 is 1.73 bits per heavy atom. The maximum Gasteiger partial charge on any atom is 0.406 e. The van der Waals surface area contributed by atoms with Gasteiger partial charge in [-0.2, -0.15) is 13.2 Å². The molecule has 0 aliphatic heterocycles. The van der Waals surface area contributed by atoms with Crippen LogP contribution in [0.25, 0.3) is 0 Å². The molecule has 0 bridgehead atoms. The molecule has 0 aromatic heterocycles. The zero-order valence-corrected chi connectivity index (χ0v) is 5.75. The van der Waals surface area contributed by atoms with E-state index in [-0.39, 0.29) is 0 Å². The predicted molar refractivity (Wildman–Crippen MR) is 25.5 cm³/mol. The number of halogens is 4. The molecule has 3 nitrogen and oxygen atoms in total. The average Bonchev–Trinajstić information content (AvgIpc) is 1.56. The molecule has 0 saturated carbocycles. The van der Waals surface area contributed by atoms with Gasteiger partial charge in [-0.25, -0.2) is 12.8 Å². The summed E-state index contributed by atoms with van der Waals surface area (Å²) >= 11 is 0. The van der Waals surface area contributed by atoms with E-state index in [0.717, 1.165) is 0 Å². The smallest absolute Gasteiger partial charge is 0.406 e. The highest BCUT2D eigenvalue weighted by Gasteiger charge is 2.44. The van der Waals surface area contributed by atoms with Gasteiger partial charge in [0.1, 0.15) is 16.8 Å². The van der Waals surface area contributed by atoms with Crippen molar-refractivity contribution in [2.45, 2.75) is 11.4 Å². The van der Waals surface area contributed by atoms with Crippen LogP contribution in [0.5, 0.6) is 0 Å². The molecule has 0 radical (unpaired) electrons. The molecule has 11 heavy (non-hydrogen) atoms. The van der Waals surface area contributed by atoms with Gasteiger partial charge in [0.2, 0.25) is 0 Å². The second-order valence-corrected chi connectivity index (χ2v) is 3.23. The lowest BCUT2D eigenvalue weighted by atomic mass is 10.4. The minimum absolute atomic E-state index is 2.24. The maximum absolute atomic E-state index is 11.4. The van der Waals surface area contributed by atoms with E-state index in [9.17, 15) is 30.5 Å². The van der Waals surface area contributed by atoms with Crippen LogP contribution >= 0.6 is 0 Å². The van der Waals surface area contributed by atoms with Crippen molar-refractivity contribution in [3.05, 3.63) is 0 Å². The first-order valence-electron chi connectivity index (χ1n) is 2.27. The Kier molecular flexibility index (Phi) is 2.84. The number of alkyl halides is 4. The van der Waals surface area contributed by atoms with E-state index in [0.29, 0.717) is 0 Å². The number of hydrogen-bond acceptors (Lipinski definition) is 3. The Balaban J connectivity index is 4.72.